The number of carbonyl (C=O) groups excluding carboxylic acids is 1. The van der Waals surface area contributed by atoms with Gasteiger partial charge in [-0.15, -0.1) is 0 Å². The lowest BCUT2D eigenvalue weighted by Gasteiger charge is -2.09. The van der Waals surface area contributed by atoms with Crippen molar-refractivity contribution in [1.82, 2.24) is 4.90 Å². The monoisotopic (exact) mass is 185 g/mol. The fraction of sp³-hybridized carbons (Fsp3) is 0.909. The molecular formula is C11H23NO+. The van der Waals surface area contributed by atoms with Gasteiger partial charge in [0.05, 0.1) is 6.42 Å². The normalized spacial score (nSPS) is 10.7. The lowest BCUT2D eigenvalue weighted by atomic mass is 10.2. The summed E-state index contributed by atoms with van der Waals surface area (Å²) < 4.78 is 0. The van der Waals surface area contributed by atoms with Crippen molar-refractivity contribution in [2.24, 2.45) is 0 Å². The Balaban J connectivity index is 3.52. The Bertz CT molecular complexity index is 107. The highest BCUT2D eigenvalue weighted by atomic mass is 16.1. The SMILES string of the molecule is CCCC[N+](CCC=O)CCCC. The van der Waals surface area contributed by atoms with Gasteiger partial charge in [-0.2, -0.15) is 4.90 Å². The van der Waals surface area contributed by atoms with Crippen LogP contribution in [0.15, 0.2) is 0 Å². The second-order valence-corrected chi connectivity index (χ2v) is 3.50. The topological polar surface area (TPSA) is 23.0 Å². The summed E-state index contributed by atoms with van der Waals surface area (Å²) in [5.74, 6) is 0. The molecule has 0 amide bonds. The van der Waals surface area contributed by atoms with Crippen LogP contribution in [0.4, 0.5) is 0 Å². The summed E-state index contributed by atoms with van der Waals surface area (Å²) in [6.45, 7) is 7.67. The summed E-state index contributed by atoms with van der Waals surface area (Å²) in [6, 6.07) is 0. The van der Waals surface area contributed by atoms with E-state index >= 15 is 0 Å². The third-order valence-corrected chi connectivity index (χ3v) is 2.22. The molecule has 2 heteroatoms. The van der Waals surface area contributed by atoms with Gasteiger partial charge in [-0.25, -0.2) is 0 Å². The van der Waals surface area contributed by atoms with E-state index in [9.17, 15) is 4.79 Å². The number of rotatable bonds is 9. The van der Waals surface area contributed by atoms with Gasteiger partial charge in [0.25, 0.3) is 0 Å². The third-order valence-electron chi connectivity index (χ3n) is 2.22. The first-order valence-electron chi connectivity index (χ1n) is 5.51. The molecule has 0 saturated heterocycles. The van der Waals surface area contributed by atoms with E-state index in [4.69, 9.17) is 0 Å². The molecule has 0 aromatic heterocycles. The first-order chi connectivity index (χ1) is 6.35. The van der Waals surface area contributed by atoms with Crippen molar-refractivity contribution in [2.45, 2.75) is 46.0 Å². The van der Waals surface area contributed by atoms with E-state index in [0.29, 0.717) is 6.42 Å². The predicted molar refractivity (Wildman–Crippen MR) is 57.2 cm³/mol. The highest BCUT2D eigenvalue weighted by Gasteiger charge is 2.11. The van der Waals surface area contributed by atoms with E-state index in [1.807, 2.05) is 0 Å². The number of nitrogens with zero attached hydrogens (tertiary/aromatic N) is 1. The molecule has 0 unspecified atom stereocenters. The Labute approximate surface area is 82.3 Å². The molecule has 0 aromatic carbocycles. The largest absolute Gasteiger partial charge is 0.303 e. The molecule has 0 saturated carbocycles. The summed E-state index contributed by atoms with van der Waals surface area (Å²) in [7, 11) is 0. The molecule has 13 heavy (non-hydrogen) atoms. The molecule has 0 fully saturated rings. The summed E-state index contributed by atoms with van der Waals surface area (Å²) in [4.78, 5) is 12.6. The van der Waals surface area contributed by atoms with E-state index in [-0.39, 0.29) is 0 Å². The summed E-state index contributed by atoms with van der Waals surface area (Å²) in [6.07, 6.45) is 6.69. The van der Waals surface area contributed by atoms with E-state index in [1.54, 1.807) is 0 Å². The van der Waals surface area contributed by atoms with E-state index in [2.05, 4.69) is 18.7 Å². The molecule has 77 valence electrons. The maximum atomic E-state index is 10.2. The van der Waals surface area contributed by atoms with Crippen molar-refractivity contribution in [3.63, 3.8) is 0 Å². The molecule has 0 aliphatic carbocycles. The minimum Gasteiger partial charge on any atom is -0.303 e. The Kier molecular flexibility index (Phi) is 9.44. The Morgan fingerprint density at radius 1 is 1.00 bits per heavy atom. The number of carbonyl (C=O) groups is 1. The summed E-state index contributed by atoms with van der Waals surface area (Å²) in [5, 5.41) is 0. The van der Waals surface area contributed by atoms with Crippen molar-refractivity contribution in [1.29, 1.82) is 0 Å². The number of aldehydes is 1. The van der Waals surface area contributed by atoms with Gasteiger partial charge >= 0.3 is 0 Å². The molecule has 0 aliphatic heterocycles. The molecule has 0 N–H and O–H groups in total. The van der Waals surface area contributed by atoms with Crippen LogP contribution in [0.2, 0.25) is 0 Å². The van der Waals surface area contributed by atoms with Crippen LogP contribution in [-0.4, -0.2) is 25.9 Å². The maximum Gasteiger partial charge on any atom is 0.129 e. The van der Waals surface area contributed by atoms with Crippen LogP contribution in [0.5, 0.6) is 0 Å². The van der Waals surface area contributed by atoms with Crippen molar-refractivity contribution in [3.05, 3.63) is 0 Å². The molecule has 1 radical (unpaired) electrons. The summed E-state index contributed by atoms with van der Waals surface area (Å²) in [5.41, 5.74) is 0. The van der Waals surface area contributed by atoms with Gasteiger partial charge in [0.15, 0.2) is 0 Å². The highest BCUT2D eigenvalue weighted by molar-refractivity contribution is 5.49. The molecule has 2 nitrogen and oxygen atoms in total. The lowest BCUT2D eigenvalue weighted by molar-refractivity contribution is -0.107. The van der Waals surface area contributed by atoms with Crippen LogP contribution in [0, 0.1) is 0 Å². The zero-order valence-corrected chi connectivity index (χ0v) is 9.09. The Hall–Kier alpha value is -0.370. The molecule has 0 bridgehead atoms. The first kappa shape index (κ1) is 12.6. The van der Waals surface area contributed by atoms with Crippen molar-refractivity contribution in [3.8, 4) is 0 Å². The minimum absolute atomic E-state index is 0.688. The second kappa shape index (κ2) is 9.72. The minimum atomic E-state index is 0.688. The van der Waals surface area contributed by atoms with E-state index < -0.39 is 0 Å². The average Bonchev–Trinajstić information content (AvgIpc) is 2.17. The molecule has 0 rings (SSSR count). The molecule has 0 atom stereocenters. The van der Waals surface area contributed by atoms with Crippen molar-refractivity contribution >= 4 is 6.29 Å². The van der Waals surface area contributed by atoms with Gasteiger partial charge in [-0.3, -0.25) is 0 Å². The fourth-order valence-electron chi connectivity index (χ4n) is 1.33. The molecular weight excluding hydrogens is 162 g/mol. The third kappa shape index (κ3) is 7.97. The standard InChI is InChI=1S/C11H23NO/c1-3-5-8-12(9-6-4-2)10-7-11-13/h11H,3-10H2,1-2H3/q+1. The van der Waals surface area contributed by atoms with Crippen molar-refractivity contribution < 1.29 is 4.79 Å². The van der Waals surface area contributed by atoms with Crippen molar-refractivity contribution in [2.75, 3.05) is 19.6 Å². The van der Waals surface area contributed by atoms with Gasteiger partial charge in [0.1, 0.15) is 25.9 Å². The van der Waals surface area contributed by atoms with Gasteiger partial charge in [0.2, 0.25) is 0 Å². The smallest absolute Gasteiger partial charge is 0.129 e. The first-order valence-corrected chi connectivity index (χ1v) is 5.51. The van der Waals surface area contributed by atoms with Crippen LogP contribution in [0.1, 0.15) is 46.0 Å². The molecule has 0 aliphatic rings. The van der Waals surface area contributed by atoms with Crippen LogP contribution in [-0.2, 0) is 4.79 Å². The molecule has 0 heterocycles. The highest BCUT2D eigenvalue weighted by Crippen LogP contribution is 1.96. The zero-order valence-electron chi connectivity index (χ0n) is 9.09. The second-order valence-electron chi connectivity index (χ2n) is 3.50. The molecule has 0 spiro atoms. The number of unbranched alkanes of at least 4 members (excludes halogenated alkanes) is 2. The zero-order chi connectivity index (χ0) is 9.94. The molecule has 0 aromatic rings. The number of hydrogen-bond acceptors (Lipinski definition) is 2. The fourth-order valence-corrected chi connectivity index (χ4v) is 1.33. The number of hydrogen-bond donors (Lipinski definition) is 0. The maximum absolute atomic E-state index is 10.2. The van der Waals surface area contributed by atoms with Crippen LogP contribution >= 0.6 is 0 Å². The van der Waals surface area contributed by atoms with Crippen LogP contribution in [0.3, 0.4) is 0 Å². The Morgan fingerprint density at radius 3 is 1.92 bits per heavy atom. The van der Waals surface area contributed by atoms with Crippen LogP contribution in [0.25, 0.3) is 0 Å². The van der Waals surface area contributed by atoms with E-state index in [0.717, 1.165) is 25.9 Å². The summed E-state index contributed by atoms with van der Waals surface area (Å²) >= 11 is 0. The van der Waals surface area contributed by atoms with Gasteiger partial charge < -0.3 is 4.79 Å². The quantitative estimate of drug-likeness (QED) is 0.399. The average molecular weight is 185 g/mol. The van der Waals surface area contributed by atoms with Crippen LogP contribution < -0.4 is 4.90 Å². The lowest BCUT2D eigenvalue weighted by Crippen LogP contribution is -2.33. The van der Waals surface area contributed by atoms with Gasteiger partial charge in [0, 0.05) is 12.8 Å². The van der Waals surface area contributed by atoms with Gasteiger partial charge in [-0.05, 0) is 0 Å². The Morgan fingerprint density at radius 2 is 1.54 bits per heavy atom. The van der Waals surface area contributed by atoms with Gasteiger partial charge in [-0.1, -0.05) is 26.7 Å². The predicted octanol–water partition coefficient (Wildman–Crippen LogP) is 2.32. The van der Waals surface area contributed by atoms with E-state index in [1.165, 1.54) is 25.7 Å².